The first-order valence-electron chi connectivity index (χ1n) is 10.0. The summed E-state index contributed by atoms with van der Waals surface area (Å²) in [4.78, 5) is 12.7. The Bertz CT molecular complexity index is 1270. The molecule has 0 aliphatic heterocycles. The van der Waals surface area contributed by atoms with Gasteiger partial charge in [-0.3, -0.25) is 4.79 Å². The molecule has 0 aliphatic carbocycles. The smallest absolute Gasteiger partial charge is 0.266 e. The van der Waals surface area contributed by atoms with Crippen LogP contribution in [0, 0.1) is 32.1 Å². The van der Waals surface area contributed by atoms with E-state index in [-0.39, 0.29) is 5.57 Å². The number of hydrogen-bond acceptors (Lipinski definition) is 3. The van der Waals surface area contributed by atoms with Crippen molar-refractivity contribution in [1.29, 1.82) is 5.26 Å². The van der Waals surface area contributed by atoms with Crippen molar-refractivity contribution in [2.75, 3.05) is 5.32 Å². The number of carbonyl (C=O) groups excluding carboxylic acids is 1. The minimum Gasteiger partial charge on any atom is -0.488 e. The Morgan fingerprint density at radius 3 is 2.36 bits per heavy atom. The van der Waals surface area contributed by atoms with E-state index in [1.807, 2.05) is 57.2 Å². The average Bonchev–Trinajstić information content (AvgIpc) is 2.74. The van der Waals surface area contributed by atoms with Crippen molar-refractivity contribution in [3.05, 3.63) is 96.4 Å². The number of nitrogens with zero attached hydrogens (tertiary/aromatic N) is 1. The Labute approximate surface area is 211 Å². The van der Waals surface area contributed by atoms with Crippen LogP contribution in [0.15, 0.2) is 58.6 Å². The molecule has 0 saturated carbocycles. The highest BCUT2D eigenvalue weighted by Crippen LogP contribution is 2.29. The van der Waals surface area contributed by atoms with E-state index in [0.717, 1.165) is 38.0 Å². The zero-order chi connectivity index (χ0) is 24.1. The number of aryl methyl sites for hydroxylation is 3. The lowest BCUT2D eigenvalue weighted by molar-refractivity contribution is -0.112. The molecule has 33 heavy (non-hydrogen) atoms. The summed E-state index contributed by atoms with van der Waals surface area (Å²) >= 11 is 15.6. The molecule has 0 aliphatic rings. The largest absolute Gasteiger partial charge is 0.488 e. The molecular weight excluding hydrogens is 523 g/mol. The van der Waals surface area contributed by atoms with Crippen LogP contribution in [-0.2, 0) is 11.4 Å². The molecule has 3 aromatic rings. The number of hydrogen-bond donors (Lipinski definition) is 1. The average molecular weight is 544 g/mol. The number of ether oxygens (including phenoxy) is 1. The molecular formula is C26H21BrCl2N2O2. The highest BCUT2D eigenvalue weighted by atomic mass is 79.9. The van der Waals surface area contributed by atoms with Crippen molar-refractivity contribution in [3.63, 3.8) is 0 Å². The van der Waals surface area contributed by atoms with E-state index in [0.29, 0.717) is 22.3 Å². The van der Waals surface area contributed by atoms with E-state index in [1.165, 1.54) is 0 Å². The molecule has 3 rings (SSSR count). The molecule has 1 amide bonds. The Balaban J connectivity index is 1.79. The molecule has 0 aromatic heterocycles. The lowest BCUT2D eigenvalue weighted by Crippen LogP contribution is -2.14. The lowest BCUT2D eigenvalue weighted by Gasteiger charge is -2.14. The summed E-state index contributed by atoms with van der Waals surface area (Å²) in [6, 6.07) is 16.5. The van der Waals surface area contributed by atoms with Crippen LogP contribution in [0.25, 0.3) is 6.08 Å². The van der Waals surface area contributed by atoms with Gasteiger partial charge in [0.2, 0.25) is 0 Å². The van der Waals surface area contributed by atoms with Crippen LogP contribution >= 0.6 is 39.1 Å². The fourth-order valence-corrected chi connectivity index (χ4v) is 4.29. The second-order valence-electron chi connectivity index (χ2n) is 7.59. The fourth-order valence-electron chi connectivity index (χ4n) is 3.36. The Hall–Kier alpha value is -2.78. The fraction of sp³-hybridized carbons (Fsp3) is 0.154. The first-order valence-corrected chi connectivity index (χ1v) is 11.6. The second-order valence-corrected chi connectivity index (χ2v) is 9.35. The van der Waals surface area contributed by atoms with E-state index < -0.39 is 5.91 Å². The molecule has 0 atom stereocenters. The lowest BCUT2D eigenvalue weighted by atomic mass is 10.0. The zero-order valence-corrected chi connectivity index (χ0v) is 21.4. The van der Waals surface area contributed by atoms with E-state index in [1.54, 1.807) is 24.3 Å². The molecule has 0 bridgehead atoms. The topological polar surface area (TPSA) is 62.1 Å². The first-order chi connectivity index (χ1) is 15.7. The maximum Gasteiger partial charge on any atom is 0.266 e. The molecule has 0 saturated heterocycles. The van der Waals surface area contributed by atoms with Gasteiger partial charge in [-0.1, -0.05) is 45.2 Å². The molecule has 4 nitrogen and oxygen atoms in total. The number of nitriles is 1. The van der Waals surface area contributed by atoms with Gasteiger partial charge in [0.25, 0.3) is 5.91 Å². The van der Waals surface area contributed by atoms with E-state index in [9.17, 15) is 10.1 Å². The molecule has 0 heterocycles. The van der Waals surface area contributed by atoms with Gasteiger partial charge in [-0.2, -0.15) is 5.26 Å². The molecule has 0 unspecified atom stereocenters. The number of benzene rings is 3. The van der Waals surface area contributed by atoms with Gasteiger partial charge in [0.05, 0.1) is 0 Å². The third-order valence-electron chi connectivity index (χ3n) is 4.98. The van der Waals surface area contributed by atoms with Gasteiger partial charge in [0, 0.05) is 25.8 Å². The summed E-state index contributed by atoms with van der Waals surface area (Å²) in [5.41, 5.74) is 4.89. The quantitative estimate of drug-likeness (QED) is 0.255. The van der Waals surface area contributed by atoms with Crippen molar-refractivity contribution in [2.45, 2.75) is 27.4 Å². The van der Waals surface area contributed by atoms with Crippen molar-refractivity contribution in [3.8, 4) is 11.8 Å². The Kier molecular flexibility index (Phi) is 8.20. The van der Waals surface area contributed by atoms with E-state index in [4.69, 9.17) is 27.9 Å². The van der Waals surface area contributed by atoms with Gasteiger partial charge in [0.1, 0.15) is 24.0 Å². The summed E-state index contributed by atoms with van der Waals surface area (Å²) in [6.07, 6.45) is 1.57. The normalized spacial score (nSPS) is 11.1. The van der Waals surface area contributed by atoms with Gasteiger partial charge in [-0.25, -0.2) is 0 Å². The monoisotopic (exact) mass is 542 g/mol. The first kappa shape index (κ1) is 24.9. The van der Waals surface area contributed by atoms with Crippen LogP contribution in [-0.4, -0.2) is 5.91 Å². The SMILES string of the molecule is Cc1cc(Br)ccc1NC(=O)/C(C#N)=C/c1cc(C)c(OCc2ccc(Cl)cc2Cl)c(C)c1. The molecule has 0 spiro atoms. The minimum absolute atomic E-state index is 0.0118. The minimum atomic E-state index is -0.462. The van der Waals surface area contributed by atoms with Crippen LogP contribution < -0.4 is 10.1 Å². The van der Waals surface area contributed by atoms with Gasteiger partial charge >= 0.3 is 0 Å². The van der Waals surface area contributed by atoms with Crippen molar-refractivity contribution >= 4 is 56.8 Å². The number of anilines is 1. The van der Waals surface area contributed by atoms with E-state index >= 15 is 0 Å². The molecule has 3 aromatic carbocycles. The van der Waals surface area contributed by atoms with Crippen molar-refractivity contribution < 1.29 is 9.53 Å². The number of amides is 1. The van der Waals surface area contributed by atoms with Gasteiger partial charge < -0.3 is 10.1 Å². The Morgan fingerprint density at radius 1 is 1.06 bits per heavy atom. The summed E-state index contributed by atoms with van der Waals surface area (Å²) in [6.45, 7) is 6.02. The van der Waals surface area contributed by atoms with Crippen molar-refractivity contribution in [1.82, 2.24) is 0 Å². The summed E-state index contributed by atoms with van der Waals surface area (Å²) in [7, 11) is 0. The standard InChI is InChI=1S/C26H21BrCl2N2O2/c1-15-10-21(27)5-7-24(15)31-26(32)20(13-30)11-18-8-16(2)25(17(3)9-18)33-14-19-4-6-22(28)12-23(19)29/h4-12H,14H2,1-3H3,(H,31,32)/b20-11+. The van der Waals surface area contributed by atoms with E-state index in [2.05, 4.69) is 21.2 Å². The van der Waals surface area contributed by atoms with Gasteiger partial charge in [0.15, 0.2) is 0 Å². The van der Waals surface area contributed by atoms with Gasteiger partial charge in [-0.05, 0) is 91.6 Å². The predicted octanol–water partition coefficient (Wildman–Crippen LogP) is 7.81. The Morgan fingerprint density at radius 2 is 1.76 bits per heavy atom. The zero-order valence-electron chi connectivity index (χ0n) is 18.3. The van der Waals surface area contributed by atoms with Crippen LogP contribution in [0.4, 0.5) is 5.69 Å². The maximum atomic E-state index is 12.7. The summed E-state index contributed by atoms with van der Waals surface area (Å²) in [5, 5.41) is 13.5. The highest BCUT2D eigenvalue weighted by Gasteiger charge is 2.13. The van der Waals surface area contributed by atoms with Crippen LogP contribution in [0.2, 0.25) is 10.0 Å². The number of nitrogens with one attached hydrogen (secondary N) is 1. The maximum absolute atomic E-state index is 12.7. The number of halogens is 3. The summed E-state index contributed by atoms with van der Waals surface area (Å²) in [5.74, 6) is 0.266. The predicted molar refractivity (Wildman–Crippen MR) is 138 cm³/mol. The second kappa shape index (κ2) is 10.9. The van der Waals surface area contributed by atoms with Crippen LogP contribution in [0.5, 0.6) is 5.75 Å². The molecule has 168 valence electrons. The summed E-state index contributed by atoms with van der Waals surface area (Å²) < 4.78 is 6.93. The number of carbonyl (C=O) groups is 1. The molecule has 1 N–H and O–H groups in total. The third-order valence-corrected chi connectivity index (χ3v) is 6.06. The molecule has 7 heteroatoms. The van der Waals surface area contributed by atoms with Crippen LogP contribution in [0.3, 0.4) is 0 Å². The van der Waals surface area contributed by atoms with Crippen LogP contribution in [0.1, 0.15) is 27.8 Å². The highest BCUT2D eigenvalue weighted by molar-refractivity contribution is 9.10. The van der Waals surface area contributed by atoms with Crippen molar-refractivity contribution in [2.24, 2.45) is 0 Å². The molecule has 0 radical (unpaired) electrons. The third kappa shape index (κ3) is 6.39. The van der Waals surface area contributed by atoms with Gasteiger partial charge in [-0.15, -0.1) is 0 Å². The molecule has 0 fully saturated rings. The number of rotatable bonds is 6.